The van der Waals surface area contributed by atoms with Crippen LogP contribution in [0.15, 0.2) is 72.1 Å². The zero-order chi connectivity index (χ0) is 22.4. The molecule has 6 nitrogen and oxygen atoms in total. The third kappa shape index (κ3) is 3.12. The first kappa shape index (κ1) is 19.9. The van der Waals surface area contributed by atoms with Crippen LogP contribution < -0.4 is 5.73 Å². The molecule has 2 heterocycles. The lowest BCUT2D eigenvalue weighted by molar-refractivity contribution is -0.120. The van der Waals surface area contributed by atoms with Gasteiger partial charge in [-0.25, -0.2) is 13.9 Å². The molecule has 32 heavy (non-hydrogen) atoms. The Balaban J connectivity index is 1.84. The molecule has 0 aliphatic heterocycles. The molecule has 5 aromatic rings. The average Bonchev–Trinajstić information content (AvgIpc) is 3.43. The van der Waals surface area contributed by atoms with E-state index in [1.54, 1.807) is 18.2 Å². The fraction of sp³-hybridized carbons (Fsp3) is 0.0417. The molecule has 0 saturated heterocycles. The van der Waals surface area contributed by atoms with E-state index in [0.29, 0.717) is 10.4 Å². The Labute approximate surface area is 185 Å². The molecule has 1 atom stereocenters. The molecule has 158 valence electrons. The largest absolute Gasteiger partial charge is 0.478 e. The number of carboxylic acids is 1. The first-order valence-corrected chi connectivity index (χ1v) is 10.6. The number of carboxylic acid groups (broad SMARTS) is 1. The molecule has 5 rings (SSSR count). The number of primary amides is 1. The van der Waals surface area contributed by atoms with Crippen molar-refractivity contribution in [1.29, 1.82) is 0 Å². The smallest absolute Gasteiger partial charge is 0.338 e. The first-order valence-electron chi connectivity index (χ1n) is 9.71. The van der Waals surface area contributed by atoms with Gasteiger partial charge in [-0.15, -0.1) is 11.3 Å². The molecule has 0 spiro atoms. The monoisotopic (exact) mass is 445 g/mol. The van der Waals surface area contributed by atoms with Crippen molar-refractivity contribution in [1.82, 2.24) is 9.78 Å². The Kier molecular flexibility index (Phi) is 4.71. The highest BCUT2D eigenvalue weighted by molar-refractivity contribution is 7.10. The van der Waals surface area contributed by atoms with E-state index in [4.69, 9.17) is 5.73 Å². The summed E-state index contributed by atoms with van der Waals surface area (Å²) in [7, 11) is 0. The SMILES string of the molecule is NC(=O)C(c1cccs1)n1nc(-c2ccc3ccccc3c2)c2c(F)c(C(=O)O)ccc21. The number of benzene rings is 3. The highest BCUT2D eigenvalue weighted by Gasteiger charge is 2.28. The van der Waals surface area contributed by atoms with E-state index in [9.17, 15) is 14.7 Å². The van der Waals surface area contributed by atoms with Crippen molar-refractivity contribution >= 4 is 44.9 Å². The van der Waals surface area contributed by atoms with Gasteiger partial charge in [-0.1, -0.05) is 42.5 Å². The summed E-state index contributed by atoms with van der Waals surface area (Å²) in [5, 5.41) is 17.8. The van der Waals surface area contributed by atoms with Crippen LogP contribution >= 0.6 is 11.3 Å². The lowest BCUT2D eigenvalue weighted by Crippen LogP contribution is -2.27. The predicted octanol–water partition coefficient (Wildman–Crippen LogP) is 4.83. The van der Waals surface area contributed by atoms with Gasteiger partial charge < -0.3 is 10.8 Å². The van der Waals surface area contributed by atoms with Gasteiger partial charge in [0.25, 0.3) is 0 Å². The molecule has 1 unspecified atom stereocenters. The van der Waals surface area contributed by atoms with Gasteiger partial charge in [-0.05, 0) is 40.4 Å². The summed E-state index contributed by atoms with van der Waals surface area (Å²) in [6, 6.07) is 18.5. The molecule has 0 radical (unpaired) electrons. The maximum absolute atomic E-state index is 15.5. The zero-order valence-corrected chi connectivity index (χ0v) is 17.3. The Morgan fingerprint density at radius 3 is 2.50 bits per heavy atom. The van der Waals surface area contributed by atoms with E-state index < -0.39 is 29.3 Å². The minimum atomic E-state index is -1.38. The van der Waals surface area contributed by atoms with Crippen LogP contribution in [0.3, 0.4) is 0 Å². The number of carbonyl (C=O) groups is 2. The van der Waals surface area contributed by atoms with Gasteiger partial charge in [-0.2, -0.15) is 5.10 Å². The van der Waals surface area contributed by atoms with E-state index in [2.05, 4.69) is 5.10 Å². The highest BCUT2D eigenvalue weighted by Crippen LogP contribution is 2.36. The van der Waals surface area contributed by atoms with E-state index in [0.717, 1.165) is 10.8 Å². The molecule has 8 heteroatoms. The van der Waals surface area contributed by atoms with Crippen LogP contribution in [0.1, 0.15) is 21.3 Å². The summed E-state index contributed by atoms with van der Waals surface area (Å²) in [6.07, 6.45) is 0. The average molecular weight is 445 g/mol. The second-order valence-corrected chi connectivity index (χ2v) is 8.28. The molecule has 3 N–H and O–H groups in total. The zero-order valence-electron chi connectivity index (χ0n) is 16.5. The van der Waals surface area contributed by atoms with Crippen molar-refractivity contribution in [3.8, 4) is 11.3 Å². The normalized spacial score (nSPS) is 12.3. The van der Waals surface area contributed by atoms with Crippen molar-refractivity contribution in [2.75, 3.05) is 0 Å². The van der Waals surface area contributed by atoms with Crippen LogP contribution in [0.4, 0.5) is 4.39 Å². The number of aromatic nitrogens is 2. The van der Waals surface area contributed by atoms with Gasteiger partial charge in [0.05, 0.1) is 16.5 Å². The molecule has 0 bridgehead atoms. The van der Waals surface area contributed by atoms with Crippen LogP contribution in [0.25, 0.3) is 32.9 Å². The molecular formula is C24H16FN3O3S. The van der Waals surface area contributed by atoms with Crippen LogP contribution in [0.5, 0.6) is 0 Å². The number of carbonyl (C=O) groups excluding carboxylic acids is 1. The lowest BCUT2D eigenvalue weighted by Gasteiger charge is -2.13. The Hall–Kier alpha value is -4.04. The van der Waals surface area contributed by atoms with Crippen LogP contribution in [-0.4, -0.2) is 26.8 Å². The second kappa shape index (κ2) is 7.58. The summed E-state index contributed by atoms with van der Waals surface area (Å²) >= 11 is 1.33. The quantitative estimate of drug-likeness (QED) is 0.405. The molecule has 1 amide bonds. The fourth-order valence-electron chi connectivity index (χ4n) is 3.92. The minimum Gasteiger partial charge on any atom is -0.478 e. The summed E-state index contributed by atoms with van der Waals surface area (Å²) in [4.78, 5) is 24.6. The Morgan fingerprint density at radius 2 is 1.81 bits per heavy atom. The summed E-state index contributed by atoms with van der Waals surface area (Å²) in [6.45, 7) is 0. The van der Waals surface area contributed by atoms with Crippen molar-refractivity contribution < 1.29 is 19.1 Å². The number of hydrogen-bond acceptors (Lipinski definition) is 4. The van der Waals surface area contributed by atoms with Crippen molar-refractivity contribution in [3.05, 3.63) is 88.4 Å². The summed E-state index contributed by atoms with van der Waals surface area (Å²) < 4.78 is 16.8. The fourth-order valence-corrected chi connectivity index (χ4v) is 4.74. The molecule has 2 aromatic heterocycles. The number of thiophene rings is 1. The standard InChI is InChI=1S/C24H16FN3O3S/c25-20-16(24(30)31)9-10-17-19(20)21(15-8-7-13-4-1-2-5-14(13)12-15)27-28(17)22(23(26)29)18-6-3-11-32-18/h1-12,22H,(H2,26,29)(H,30,31). The minimum absolute atomic E-state index is 0.0305. The van der Waals surface area contributed by atoms with E-state index in [1.807, 2.05) is 41.8 Å². The molecule has 0 aliphatic carbocycles. The molecule has 0 fully saturated rings. The van der Waals surface area contributed by atoms with Crippen LogP contribution in [0, 0.1) is 5.82 Å². The predicted molar refractivity (Wildman–Crippen MR) is 121 cm³/mol. The lowest BCUT2D eigenvalue weighted by atomic mass is 10.0. The molecule has 0 aliphatic rings. The number of nitrogens with two attached hydrogens (primary N) is 1. The Bertz CT molecular complexity index is 1510. The van der Waals surface area contributed by atoms with Crippen LogP contribution in [0.2, 0.25) is 0 Å². The van der Waals surface area contributed by atoms with Gasteiger partial charge in [-0.3, -0.25) is 4.79 Å². The molecule has 0 saturated carbocycles. The Morgan fingerprint density at radius 1 is 1.03 bits per heavy atom. The van der Waals surface area contributed by atoms with E-state index in [1.165, 1.54) is 28.2 Å². The molecular weight excluding hydrogens is 429 g/mol. The van der Waals surface area contributed by atoms with Crippen molar-refractivity contribution in [3.63, 3.8) is 0 Å². The topological polar surface area (TPSA) is 98.2 Å². The van der Waals surface area contributed by atoms with Gasteiger partial charge in [0.15, 0.2) is 6.04 Å². The third-order valence-corrected chi connectivity index (χ3v) is 6.32. The van der Waals surface area contributed by atoms with E-state index in [-0.39, 0.29) is 16.6 Å². The summed E-state index contributed by atoms with van der Waals surface area (Å²) in [5.41, 5.74) is 6.37. The van der Waals surface area contributed by atoms with Crippen molar-refractivity contribution in [2.24, 2.45) is 5.73 Å². The van der Waals surface area contributed by atoms with Crippen LogP contribution in [-0.2, 0) is 4.79 Å². The van der Waals surface area contributed by atoms with Gasteiger partial charge in [0.2, 0.25) is 5.91 Å². The van der Waals surface area contributed by atoms with Crippen molar-refractivity contribution in [2.45, 2.75) is 6.04 Å². The number of fused-ring (bicyclic) bond motifs is 2. The maximum atomic E-state index is 15.5. The van der Waals surface area contributed by atoms with Gasteiger partial charge in [0.1, 0.15) is 11.5 Å². The summed E-state index contributed by atoms with van der Waals surface area (Å²) in [5.74, 6) is -2.94. The number of aromatic carboxylic acids is 1. The maximum Gasteiger partial charge on any atom is 0.338 e. The van der Waals surface area contributed by atoms with Gasteiger partial charge >= 0.3 is 5.97 Å². The van der Waals surface area contributed by atoms with E-state index >= 15 is 4.39 Å². The van der Waals surface area contributed by atoms with Gasteiger partial charge in [0, 0.05) is 10.4 Å². The number of halogens is 1. The number of rotatable bonds is 5. The second-order valence-electron chi connectivity index (χ2n) is 7.30. The first-order chi connectivity index (χ1) is 15.5. The number of amides is 1. The number of hydrogen-bond donors (Lipinski definition) is 2. The third-order valence-electron chi connectivity index (χ3n) is 5.39. The number of nitrogens with zero attached hydrogens (tertiary/aromatic N) is 2. The molecule has 3 aromatic carbocycles. The highest BCUT2D eigenvalue weighted by atomic mass is 32.1.